The molecule has 1 aliphatic carbocycles. The molecular formula is C10H12BrN3O3. The fourth-order valence-corrected chi connectivity index (χ4v) is 2.28. The van der Waals surface area contributed by atoms with Gasteiger partial charge in [0.05, 0.1) is 9.40 Å². The standard InChI is InChI=1S/C10H12BrN3O3/c11-7-4-6(14(15)16)5-13-10(7)17-9-3-1-2-8(9)12/h4-5,8-9H,1-3,12H2. The SMILES string of the molecule is NC1CCCC1Oc1ncc([N+](=O)[O-])cc1Br. The van der Waals surface area contributed by atoms with Crippen LogP contribution in [-0.2, 0) is 0 Å². The summed E-state index contributed by atoms with van der Waals surface area (Å²) < 4.78 is 6.13. The molecule has 0 radical (unpaired) electrons. The van der Waals surface area contributed by atoms with Crippen LogP contribution in [-0.4, -0.2) is 22.1 Å². The summed E-state index contributed by atoms with van der Waals surface area (Å²) >= 11 is 3.21. The highest BCUT2D eigenvalue weighted by molar-refractivity contribution is 9.10. The highest BCUT2D eigenvalue weighted by atomic mass is 79.9. The summed E-state index contributed by atoms with van der Waals surface area (Å²) in [6.45, 7) is 0. The van der Waals surface area contributed by atoms with Gasteiger partial charge in [0.1, 0.15) is 12.3 Å². The van der Waals surface area contributed by atoms with E-state index in [9.17, 15) is 10.1 Å². The van der Waals surface area contributed by atoms with Crippen LogP contribution in [0.2, 0.25) is 0 Å². The smallest absolute Gasteiger partial charge is 0.288 e. The maximum Gasteiger partial charge on any atom is 0.288 e. The number of rotatable bonds is 3. The highest BCUT2D eigenvalue weighted by Gasteiger charge is 2.27. The lowest BCUT2D eigenvalue weighted by Crippen LogP contribution is -2.33. The molecule has 2 N–H and O–H groups in total. The average molecular weight is 302 g/mol. The maximum atomic E-state index is 10.5. The molecule has 2 unspecified atom stereocenters. The first kappa shape index (κ1) is 12.3. The molecule has 1 fully saturated rings. The number of nitrogens with two attached hydrogens (primary N) is 1. The van der Waals surface area contributed by atoms with Gasteiger partial charge >= 0.3 is 0 Å². The summed E-state index contributed by atoms with van der Waals surface area (Å²) in [4.78, 5) is 14.0. The van der Waals surface area contributed by atoms with E-state index in [1.54, 1.807) is 0 Å². The molecule has 0 spiro atoms. The summed E-state index contributed by atoms with van der Waals surface area (Å²) in [5.74, 6) is 0.359. The second-order valence-electron chi connectivity index (χ2n) is 3.99. The first-order valence-corrected chi connectivity index (χ1v) is 6.09. The van der Waals surface area contributed by atoms with Gasteiger partial charge < -0.3 is 10.5 Å². The van der Waals surface area contributed by atoms with Crippen LogP contribution in [0.1, 0.15) is 19.3 Å². The minimum absolute atomic E-state index is 0.0129. The average Bonchev–Trinajstić information content (AvgIpc) is 2.67. The van der Waals surface area contributed by atoms with E-state index < -0.39 is 4.92 Å². The molecule has 0 aliphatic heterocycles. The van der Waals surface area contributed by atoms with Gasteiger partial charge in [-0.2, -0.15) is 0 Å². The molecule has 1 aliphatic rings. The van der Waals surface area contributed by atoms with E-state index in [1.807, 2.05) is 0 Å². The largest absolute Gasteiger partial charge is 0.472 e. The molecule has 17 heavy (non-hydrogen) atoms. The molecule has 92 valence electrons. The fourth-order valence-electron chi connectivity index (χ4n) is 1.85. The molecule has 0 aromatic carbocycles. The molecule has 1 saturated carbocycles. The van der Waals surface area contributed by atoms with E-state index >= 15 is 0 Å². The number of ether oxygens (including phenoxy) is 1. The monoisotopic (exact) mass is 301 g/mol. The Morgan fingerprint density at radius 2 is 2.35 bits per heavy atom. The number of pyridine rings is 1. The summed E-state index contributed by atoms with van der Waals surface area (Å²) in [7, 11) is 0. The quantitative estimate of drug-likeness (QED) is 0.681. The fraction of sp³-hybridized carbons (Fsp3) is 0.500. The van der Waals surface area contributed by atoms with Crippen molar-refractivity contribution in [2.75, 3.05) is 0 Å². The molecule has 2 atom stereocenters. The van der Waals surface area contributed by atoms with Crippen LogP contribution in [0.15, 0.2) is 16.7 Å². The number of halogens is 1. The maximum absolute atomic E-state index is 10.5. The minimum atomic E-state index is -0.497. The lowest BCUT2D eigenvalue weighted by Gasteiger charge is -2.17. The van der Waals surface area contributed by atoms with E-state index in [2.05, 4.69) is 20.9 Å². The van der Waals surface area contributed by atoms with Gasteiger partial charge in [-0.1, -0.05) is 0 Å². The predicted molar refractivity (Wildman–Crippen MR) is 64.8 cm³/mol. The van der Waals surface area contributed by atoms with Gasteiger partial charge in [0.2, 0.25) is 5.88 Å². The Balaban J connectivity index is 2.14. The van der Waals surface area contributed by atoms with Crippen LogP contribution in [0.4, 0.5) is 5.69 Å². The molecule has 1 aromatic rings. The number of hydrogen-bond acceptors (Lipinski definition) is 5. The van der Waals surface area contributed by atoms with E-state index in [0.29, 0.717) is 10.4 Å². The van der Waals surface area contributed by atoms with Gasteiger partial charge in [-0.15, -0.1) is 0 Å². The van der Waals surface area contributed by atoms with Crippen LogP contribution < -0.4 is 10.5 Å². The van der Waals surface area contributed by atoms with Crippen molar-refractivity contribution in [1.82, 2.24) is 4.98 Å². The molecular weight excluding hydrogens is 290 g/mol. The highest BCUT2D eigenvalue weighted by Crippen LogP contribution is 2.30. The molecule has 0 bridgehead atoms. The lowest BCUT2D eigenvalue weighted by molar-refractivity contribution is -0.385. The molecule has 7 heteroatoms. The van der Waals surface area contributed by atoms with Gasteiger partial charge in [-0.05, 0) is 35.2 Å². The summed E-state index contributed by atoms with van der Waals surface area (Å²) in [5.41, 5.74) is 5.81. The Morgan fingerprint density at radius 1 is 1.59 bits per heavy atom. The summed E-state index contributed by atoms with van der Waals surface area (Å²) in [6, 6.07) is 1.39. The van der Waals surface area contributed by atoms with Crippen molar-refractivity contribution in [3.63, 3.8) is 0 Å². The van der Waals surface area contributed by atoms with E-state index in [-0.39, 0.29) is 17.8 Å². The first-order valence-electron chi connectivity index (χ1n) is 5.30. The van der Waals surface area contributed by atoms with E-state index in [1.165, 1.54) is 12.3 Å². The summed E-state index contributed by atoms with van der Waals surface area (Å²) in [5, 5.41) is 10.5. The Bertz CT molecular complexity index is 441. The topological polar surface area (TPSA) is 91.3 Å². The number of aromatic nitrogens is 1. The van der Waals surface area contributed by atoms with Gasteiger partial charge in [0.25, 0.3) is 5.69 Å². The van der Waals surface area contributed by atoms with E-state index in [4.69, 9.17) is 10.5 Å². The lowest BCUT2D eigenvalue weighted by atomic mass is 10.2. The zero-order valence-corrected chi connectivity index (χ0v) is 10.6. The Morgan fingerprint density at radius 3 is 2.88 bits per heavy atom. The first-order chi connectivity index (χ1) is 8.08. The minimum Gasteiger partial charge on any atom is -0.472 e. The molecule has 0 saturated heterocycles. The van der Waals surface area contributed by atoms with Crippen LogP contribution in [0, 0.1) is 10.1 Å². The summed E-state index contributed by atoms with van der Waals surface area (Å²) in [6.07, 6.45) is 4.00. The van der Waals surface area contributed by atoms with E-state index in [0.717, 1.165) is 19.3 Å². The number of nitro groups is 1. The second kappa shape index (κ2) is 4.97. The van der Waals surface area contributed by atoms with Crippen LogP contribution in [0.25, 0.3) is 0 Å². The Hall–Kier alpha value is -1.21. The third-order valence-electron chi connectivity index (χ3n) is 2.77. The van der Waals surface area contributed by atoms with Crippen LogP contribution in [0.3, 0.4) is 0 Å². The second-order valence-corrected chi connectivity index (χ2v) is 4.84. The predicted octanol–water partition coefficient (Wildman–Crippen LogP) is 2.01. The Labute approximate surface area is 106 Å². The van der Waals surface area contributed by atoms with Crippen molar-refractivity contribution in [2.24, 2.45) is 5.73 Å². The van der Waals surface area contributed by atoms with Crippen molar-refractivity contribution in [3.8, 4) is 5.88 Å². The molecule has 6 nitrogen and oxygen atoms in total. The zero-order chi connectivity index (χ0) is 12.4. The normalized spacial score (nSPS) is 23.6. The third kappa shape index (κ3) is 2.73. The van der Waals surface area contributed by atoms with Crippen LogP contribution >= 0.6 is 15.9 Å². The zero-order valence-electron chi connectivity index (χ0n) is 9.01. The van der Waals surface area contributed by atoms with Crippen molar-refractivity contribution in [2.45, 2.75) is 31.4 Å². The van der Waals surface area contributed by atoms with Crippen LogP contribution in [0.5, 0.6) is 5.88 Å². The third-order valence-corrected chi connectivity index (χ3v) is 3.34. The Kier molecular flexibility index (Phi) is 3.58. The van der Waals surface area contributed by atoms with Gasteiger partial charge in [0, 0.05) is 12.1 Å². The van der Waals surface area contributed by atoms with Gasteiger partial charge in [-0.3, -0.25) is 10.1 Å². The number of nitrogens with zero attached hydrogens (tertiary/aromatic N) is 2. The van der Waals surface area contributed by atoms with Gasteiger partial charge in [0.15, 0.2) is 0 Å². The molecule has 0 amide bonds. The van der Waals surface area contributed by atoms with Crippen molar-refractivity contribution < 1.29 is 9.66 Å². The molecule has 1 heterocycles. The molecule has 1 aromatic heterocycles. The molecule has 2 rings (SSSR count). The van der Waals surface area contributed by atoms with Crippen molar-refractivity contribution in [1.29, 1.82) is 0 Å². The van der Waals surface area contributed by atoms with Crippen molar-refractivity contribution >= 4 is 21.6 Å². The number of hydrogen-bond donors (Lipinski definition) is 1. The van der Waals surface area contributed by atoms with Crippen molar-refractivity contribution in [3.05, 3.63) is 26.9 Å². The van der Waals surface area contributed by atoms with Gasteiger partial charge in [-0.25, -0.2) is 4.98 Å².